The Hall–Kier alpha value is -1.47. The van der Waals surface area contributed by atoms with Gasteiger partial charge in [0.2, 0.25) is 5.13 Å². The molecule has 2 aromatic rings. The first kappa shape index (κ1) is 16.0. The largest absolute Gasteiger partial charge is 0.353 e. The van der Waals surface area contributed by atoms with Gasteiger partial charge in [-0.05, 0) is 45.1 Å². The van der Waals surface area contributed by atoms with E-state index in [1.165, 1.54) is 60.8 Å². The molecule has 0 bridgehead atoms. The van der Waals surface area contributed by atoms with Crippen LogP contribution in [0.1, 0.15) is 54.8 Å². The van der Waals surface area contributed by atoms with Crippen LogP contribution < -0.4 is 4.90 Å². The maximum atomic E-state index is 5.03. The van der Waals surface area contributed by atoms with Gasteiger partial charge >= 0.3 is 0 Å². The SMILES string of the molecule is CN(C)c1nc(CN2CCC[C@H]2c2nc3c(n2C)CCCC3)ns1. The highest BCUT2D eigenvalue weighted by Crippen LogP contribution is 2.34. The summed E-state index contributed by atoms with van der Waals surface area (Å²) in [5.41, 5.74) is 2.80. The molecule has 3 heterocycles. The van der Waals surface area contributed by atoms with E-state index in [0.717, 1.165) is 30.5 Å². The molecule has 2 aliphatic rings. The summed E-state index contributed by atoms with van der Waals surface area (Å²) in [6.07, 6.45) is 7.34. The molecule has 1 fully saturated rings. The molecule has 1 aliphatic heterocycles. The van der Waals surface area contributed by atoms with Gasteiger partial charge in [0.15, 0.2) is 5.82 Å². The molecular formula is C17H26N6S. The van der Waals surface area contributed by atoms with Crippen LogP contribution in [0.4, 0.5) is 5.13 Å². The number of rotatable bonds is 4. The van der Waals surface area contributed by atoms with Crippen molar-refractivity contribution in [3.63, 3.8) is 0 Å². The molecule has 130 valence electrons. The van der Waals surface area contributed by atoms with E-state index in [9.17, 15) is 0 Å². The lowest BCUT2D eigenvalue weighted by Crippen LogP contribution is -2.25. The minimum Gasteiger partial charge on any atom is -0.353 e. The molecular weight excluding hydrogens is 320 g/mol. The fourth-order valence-electron chi connectivity index (χ4n) is 3.98. The number of imidazole rings is 1. The van der Waals surface area contributed by atoms with E-state index in [0.29, 0.717) is 6.04 Å². The lowest BCUT2D eigenvalue weighted by molar-refractivity contribution is 0.231. The van der Waals surface area contributed by atoms with E-state index in [2.05, 4.69) is 25.9 Å². The van der Waals surface area contributed by atoms with Crippen molar-refractivity contribution in [2.24, 2.45) is 7.05 Å². The van der Waals surface area contributed by atoms with Crippen LogP contribution in [-0.4, -0.2) is 44.4 Å². The summed E-state index contributed by atoms with van der Waals surface area (Å²) in [5, 5.41) is 0.980. The molecule has 0 spiro atoms. The Kier molecular flexibility index (Phi) is 4.30. The molecule has 0 amide bonds. The molecule has 0 N–H and O–H groups in total. The van der Waals surface area contributed by atoms with E-state index < -0.39 is 0 Å². The third-order valence-electron chi connectivity index (χ3n) is 5.25. The Bertz CT molecular complexity index is 719. The molecule has 4 rings (SSSR count). The van der Waals surface area contributed by atoms with Crippen LogP contribution >= 0.6 is 11.5 Å². The van der Waals surface area contributed by atoms with Gasteiger partial charge in [-0.25, -0.2) is 9.97 Å². The van der Waals surface area contributed by atoms with Crippen LogP contribution in [0.2, 0.25) is 0 Å². The second kappa shape index (κ2) is 6.44. The highest BCUT2D eigenvalue weighted by Gasteiger charge is 2.32. The van der Waals surface area contributed by atoms with Gasteiger partial charge in [0.25, 0.3) is 0 Å². The molecule has 24 heavy (non-hydrogen) atoms. The van der Waals surface area contributed by atoms with Crippen LogP contribution in [0, 0.1) is 0 Å². The molecule has 0 radical (unpaired) electrons. The quantitative estimate of drug-likeness (QED) is 0.851. The molecule has 7 heteroatoms. The zero-order chi connectivity index (χ0) is 16.7. The zero-order valence-corrected chi connectivity index (χ0v) is 15.6. The van der Waals surface area contributed by atoms with Crippen LogP contribution in [-0.2, 0) is 26.4 Å². The van der Waals surface area contributed by atoms with Gasteiger partial charge in [0, 0.05) is 38.4 Å². The summed E-state index contributed by atoms with van der Waals surface area (Å²) >= 11 is 1.48. The van der Waals surface area contributed by atoms with Crippen LogP contribution in [0.3, 0.4) is 0 Å². The molecule has 2 aromatic heterocycles. The van der Waals surface area contributed by atoms with Crippen molar-refractivity contribution >= 4 is 16.7 Å². The van der Waals surface area contributed by atoms with Gasteiger partial charge in [-0.3, -0.25) is 4.90 Å². The third kappa shape index (κ3) is 2.84. The monoisotopic (exact) mass is 346 g/mol. The lowest BCUT2D eigenvalue weighted by Gasteiger charge is -2.23. The predicted octanol–water partition coefficient (Wildman–Crippen LogP) is 2.55. The Morgan fingerprint density at radius 1 is 1.17 bits per heavy atom. The molecule has 0 saturated carbocycles. The number of likely N-dealkylation sites (tertiary alicyclic amines) is 1. The van der Waals surface area contributed by atoms with Crippen molar-refractivity contribution in [3.05, 3.63) is 23.0 Å². The van der Waals surface area contributed by atoms with Gasteiger partial charge in [-0.1, -0.05) is 0 Å². The fraction of sp³-hybridized carbons (Fsp3) is 0.706. The first-order valence-corrected chi connectivity index (χ1v) is 9.69. The average molecular weight is 347 g/mol. The summed E-state index contributed by atoms with van der Waals surface area (Å²) in [7, 11) is 6.23. The summed E-state index contributed by atoms with van der Waals surface area (Å²) in [4.78, 5) is 14.2. The van der Waals surface area contributed by atoms with Crippen molar-refractivity contribution in [2.45, 2.75) is 51.1 Å². The molecule has 6 nitrogen and oxygen atoms in total. The minimum absolute atomic E-state index is 0.409. The molecule has 1 aliphatic carbocycles. The highest BCUT2D eigenvalue weighted by molar-refractivity contribution is 7.09. The summed E-state index contributed by atoms with van der Waals surface area (Å²) in [6, 6.07) is 0.409. The number of aromatic nitrogens is 4. The van der Waals surface area contributed by atoms with Gasteiger partial charge in [-0.2, -0.15) is 4.37 Å². The van der Waals surface area contributed by atoms with Crippen LogP contribution in [0.5, 0.6) is 0 Å². The number of hydrogen-bond donors (Lipinski definition) is 0. The molecule has 0 aromatic carbocycles. The van der Waals surface area contributed by atoms with Crippen LogP contribution in [0.25, 0.3) is 0 Å². The summed E-state index contributed by atoms with van der Waals surface area (Å²) < 4.78 is 6.91. The average Bonchev–Trinajstić information content (AvgIpc) is 3.28. The van der Waals surface area contributed by atoms with Crippen molar-refractivity contribution < 1.29 is 0 Å². The number of hydrogen-bond acceptors (Lipinski definition) is 6. The second-order valence-electron chi connectivity index (χ2n) is 7.15. The molecule has 0 unspecified atom stereocenters. The Labute approximate surface area is 147 Å². The van der Waals surface area contributed by atoms with Crippen molar-refractivity contribution in [1.29, 1.82) is 0 Å². The fourth-order valence-corrected chi connectivity index (χ4v) is 4.58. The van der Waals surface area contributed by atoms with E-state index in [1.807, 2.05) is 19.0 Å². The lowest BCUT2D eigenvalue weighted by atomic mass is 10.0. The van der Waals surface area contributed by atoms with E-state index in [-0.39, 0.29) is 0 Å². The van der Waals surface area contributed by atoms with Crippen molar-refractivity contribution in [2.75, 3.05) is 25.5 Å². The normalized spacial score (nSPS) is 21.2. The zero-order valence-electron chi connectivity index (χ0n) is 14.8. The summed E-state index contributed by atoms with van der Waals surface area (Å²) in [5.74, 6) is 2.19. The maximum Gasteiger partial charge on any atom is 0.204 e. The number of fused-ring (bicyclic) bond motifs is 1. The van der Waals surface area contributed by atoms with Gasteiger partial charge < -0.3 is 9.47 Å². The molecule has 1 saturated heterocycles. The first-order chi connectivity index (χ1) is 11.6. The number of nitrogens with zero attached hydrogens (tertiary/aromatic N) is 6. The smallest absolute Gasteiger partial charge is 0.204 e. The van der Waals surface area contributed by atoms with Crippen molar-refractivity contribution in [3.8, 4) is 0 Å². The van der Waals surface area contributed by atoms with E-state index >= 15 is 0 Å². The number of anilines is 1. The van der Waals surface area contributed by atoms with Crippen LogP contribution in [0.15, 0.2) is 0 Å². The Balaban J connectivity index is 1.55. The Morgan fingerprint density at radius 2 is 2.00 bits per heavy atom. The minimum atomic E-state index is 0.409. The summed E-state index contributed by atoms with van der Waals surface area (Å²) in [6.45, 7) is 1.94. The van der Waals surface area contributed by atoms with Crippen molar-refractivity contribution in [1.82, 2.24) is 23.8 Å². The van der Waals surface area contributed by atoms with Gasteiger partial charge in [0.1, 0.15) is 5.82 Å². The highest BCUT2D eigenvalue weighted by atomic mass is 32.1. The van der Waals surface area contributed by atoms with Gasteiger partial charge in [-0.15, -0.1) is 0 Å². The standard InChI is InChI=1S/C17H26N6S/c1-21(2)17-19-15(20-24-17)11-23-10-6-9-14(23)16-18-12-7-4-5-8-13(12)22(16)3/h14H,4-11H2,1-3H3/t14-/m0/s1. The Morgan fingerprint density at radius 3 is 2.75 bits per heavy atom. The first-order valence-electron chi connectivity index (χ1n) is 8.92. The topological polar surface area (TPSA) is 50.1 Å². The number of aryl methyl sites for hydroxylation is 1. The predicted molar refractivity (Wildman–Crippen MR) is 96.5 cm³/mol. The second-order valence-corrected chi connectivity index (χ2v) is 7.88. The van der Waals surface area contributed by atoms with Gasteiger partial charge in [0.05, 0.1) is 18.3 Å². The third-order valence-corrected chi connectivity index (χ3v) is 6.18. The molecule has 1 atom stereocenters. The van der Waals surface area contributed by atoms with E-state index in [1.54, 1.807) is 0 Å². The van der Waals surface area contributed by atoms with E-state index in [4.69, 9.17) is 4.98 Å². The maximum absolute atomic E-state index is 5.03.